The minimum atomic E-state index is -0.395. The third-order valence-corrected chi connectivity index (χ3v) is 5.62. The summed E-state index contributed by atoms with van der Waals surface area (Å²) < 4.78 is 5.49. The molecule has 0 aromatic heterocycles. The third-order valence-electron chi connectivity index (χ3n) is 5.62. The summed E-state index contributed by atoms with van der Waals surface area (Å²) in [6.07, 6.45) is 2.74. The molecule has 8 heteroatoms. The maximum Gasteiger partial charge on any atom is 0.262 e. The molecule has 0 unspecified atom stereocenters. The summed E-state index contributed by atoms with van der Waals surface area (Å²) >= 11 is 0. The summed E-state index contributed by atoms with van der Waals surface area (Å²) in [6.45, 7) is 2.62. The van der Waals surface area contributed by atoms with E-state index in [1.165, 1.54) is 5.56 Å². The van der Waals surface area contributed by atoms with Crippen LogP contribution in [-0.2, 0) is 27.2 Å². The largest absolute Gasteiger partial charge is 0.484 e. The van der Waals surface area contributed by atoms with Crippen LogP contribution in [0.3, 0.4) is 0 Å². The summed E-state index contributed by atoms with van der Waals surface area (Å²) in [5, 5.41) is 2.82. The van der Waals surface area contributed by atoms with Crippen LogP contribution in [0, 0.1) is 5.92 Å². The zero-order valence-corrected chi connectivity index (χ0v) is 18.1. The van der Waals surface area contributed by atoms with Crippen molar-refractivity contribution in [3.8, 4) is 5.75 Å². The van der Waals surface area contributed by atoms with Crippen LogP contribution >= 0.6 is 0 Å². The van der Waals surface area contributed by atoms with Crippen molar-refractivity contribution < 1.29 is 19.1 Å². The lowest BCUT2D eigenvalue weighted by molar-refractivity contribution is -0.123. The summed E-state index contributed by atoms with van der Waals surface area (Å²) in [5.41, 5.74) is 13.2. The first kappa shape index (κ1) is 23.3. The van der Waals surface area contributed by atoms with Crippen LogP contribution in [0.2, 0.25) is 0 Å². The van der Waals surface area contributed by atoms with Crippen molar-refractivity contribution in [1.82, 2.24) is 4.90 Å². The van der Waals surface area contributed by atoms with Gasteiger partial charge >= 0.3 is 0 Å². The molecule has 1 fully saturated rings. The standard InChI is InChI=1S/C24H30N4O4/c25-22(29)15-18-3-7-21(8-4-18)32-16-23(30)27-20-5-1-17(2-6-20)9-12-28-13-10-19(11-14-28)24(26)31/h1-8,19H,9-16H2,(H2,25,29)(H2,26,31)(H,27,30). The van der Waals surface area contributed by atoms with Gasteiger partial charge in [-0.05, 0) is 67.7 Å². The number of piperidine rings is 1. The second-order valence-corrected chi connectivity index (χ2v) is 8.09. The topological polar surface area (TPSA) is 128 Å². The summed E-state index contributed by atoms with van der Waals surface area (Å²) in [7, 11) is 0. The predicted octanol–water partition coefficient (Wildman–Crippen LogP) is 1.47. The molecular formula is C24H30N4O4. The van der Waals surface area contributed by atoms with E-state index in [1.54, 1.807) is 24.3 Å². The van der Waals surface area contributed by atoms with Gasteiger partial charge in [-0.15, -0.1) is 0 Å². The smallest absolute Gasteiger partial charge is 0.262 e. The number of hydrogen-bond acceptors (Lipinski definition) is 5. The molecule has 1 heterocycles. The minimum Gasteiger partial charge on any atom is -0.484 e. The van der Waals surface area contributed by atoms with Gasteiger partial charge in [-0.1, -0.05) is 24.3 Å². The van der Waals surface area contributed by atoms with Crippen molar-refractivity contribution in [3.05, 3.63) is 59.7 Å². The first-order chi connectivity index (χ1) is 15.4. The van der Waals surface area contributed by atoms with Crippen LogP contribution in [0.25, 0.3) is 0 Å². The van der Waals surface area contributed by atoms with Crippen LogP contribution in [0.5, 0.6) is 5.75 Å². The zero-order chi connectivity index (χ0) is 22.9. The third kappa shape index (κ3) is 7.39. The van der Waals surface area contributed by atoms with Gasteiger partial charge < -0.3 is 26.4 Å². The van der Waals surface area contributed by atoms with Crippen LogP contribution in [-0.4, -0.2) is 48.9 Å². The fraction of sp³-hybridized carbons (Fsp3) is 0.375. The molecule has 3 amide bonds. The molecule has 0 aliphatic carbocycles. The quantitative estimate of drug-likeness (QED) is 0.518. The predicted molar refractivity (Wildman–Crippen MR) is 122 cm³/mol. The number of primary amides is 2. The molecule has 1 aliphatic rings. The summed E-state index contributed by atoms with van der Waals surface area (Å²) in [5.74, 6) is -0.279. The van der Waals surface area contributed by atoms with Gasteiger partial charge in [0.25, 0.3) is 5.91 Å². The number of nitrogens with zero attached hydrogens (tertiary/aromatic N) is 1. The molecule has 32 heavy (non-hydrogen) atoms. The lowest BCUT2D eigenvalue weighted by Crippen LogP contribution is -2.39. The molecule has 2 aromatic rings. The number of rotatable bonds is 10. The van der Waals surface area contributed by atoms with Crippen molar-refractivity contribution in [3.63, 3.8) is 0 Å². The van der Waals surface area contributed by atoms with E-state index >= 15 is 0 Å². The zero-order valence-electron chi connectivity index (χ0n) is 18.1. The van der Waals surface area contributed by atoms with Crippen LogP contribution in [0.15, 0.2) is 48.5 Å². The Morgan fingerprint density at radius 2 is 1.56 bits per heavy atom. The Kier molecular flexibility index (Phi) is 8.21. The van der Waals surface area contributed by atoms with Crippen molar-refractivity contribution >= 4 is 23.4 Å². The fourth-order valence-electron chi connectivity index (χ4n) is 3.73. The van der Waals surface area contributed by atoms with Crippen molar-refractivity contribution in [2.24, 2.45) is 17.4 Å². The van der Waals surface area contributed by atoms with Gasteiger partial charge in [-0.2, -0.15) is 0 Å². The van der Waals surface area contributed by atoms with Gasteiger partial charge in [-0.25, -0.2) is 0 Å². The van der Waals surface area contributed by atoms with Crippen LogP contribution in [0.1, 0.15) is 24.0 Å². The second-order valence-electron chi connectivity index (χ2n) is 8.09. The van der Waals surface area contributed by atoms with Crippen LogP contribution in [0.4, 0.5) is 5.69 Å². The number of benzene rings is 2. The summed E-state index contributed by atoms with van der Waals surface area (Å²) in [6, 6.07) is 14.7. The van der Waals surface area contributed by atoms with E-state index < -0.39 is 5.91 Å². The average molecular weight is 439 g/mol. The van der Waals surface area contributed by atoms with Crippen molar-refractivity contribution in [2.75, 3.05) is 31.6 Å². The molecule has 0 atom stereocenters. The first-order valence-electron chi connectivity index (χ1n) is 10.8. The van der Waals surface area contributed by atoms with E-state index in [0.29, 0.717) is 11.4 Å². The van der Waals surface area contributed by atoms with Gasteiger partial charge in [0.15, 0.2) is 6.61 Å². The van der Waals surface area contributed by atoms with Gasteiger partial charge in [0, 0.05) is 18.2 Å². The Balaban J connectivity index is 1.38. The van der Waals surface area contributed by atoms with E-state index in [2.05, 4.69) is 10.2 Å². The molecule has 0 saturated carbocycles. The van der Waals surface area contributed by atoms with E-state index in [-0.39, 0.29) is 30.8 Å². The highest BCUT2D eigenvalue weighted by Crippen LogP contribution is 2.18. The number of nitrogens with two attached hydrogens (primary N) is 2. The Labute approximate surface area is 187 Å². The molecule has 5 N–H and O–H groups in total. The first-order valence-corrected chi connectivity index (χ1v) is 10.8. The monoisotopic (exact) mass is 438 g/mol. The number of hydrogen-bond donors (Lipinski definition) is 3. The number of ether oxygens (including phenoxy) is 1. The normalized spacial score (nSPS) is 14.6. The van der Waals surface area contributed by atoms with E-state index in [0.717, 1.165) is 44.5 Å². The van der Waals surface area contributed by atoms with E-state index in [9.17, 15) is 14.4 Å². The lowest BCUT2D eigenvalue weighted by Gasteiger charge is -2.30. The van der Waals surface area contributed by atoms with Gasteiger partial charge in [0.2, 0.25) is 11.8 Å². The van der Waals surface area contributed by atoms with Crippen LogP contribution < -0.4 is 21.5 Å². The molecule has 3 rings (SSSR count). The highest BCUT2D eigenvalue weighted by molar-refractivity contribution is 5.91. The molecule has 0 bridgehead atoms. The molecule has 0 radical (unpaired) electrons. The number of carbonyl (C=O) groups is 3. The van der Waals surface area contributed by atoms with Crippen molar-refractivity contribution in [1.29, 1.82) is 0 Å². The van der Waals surface area contributed by atoms with Gasteiger partial charge in [0.1, 0.15) is 5.75 Å². The molecule has 170 valence electrons. The van der Waals surface area contributed by atoms with Gasteiger partial charge in [0.05, 0.1) is 6.42 Å². The Morgan fingerprint density at radius 1 is 0.938 bits per heavy atom. The summed E-state index contributed by atoms with van der Waals surface area (Å²) in [4.78, 5) is 36.7. The minimum absolute atomic E-state index is 0.0133. The highest BCUT2D eigenvalue weighted by Gasteiger charge is 2.22. The Hall–Kier alpha value is -3.39. The van der Waals surface area contributed by atoms with Crippen molar-refractivity contribution in [2.45, 2.75) is 25.7 Å². The molecule has 2 aromatic carbocycles. The van der Waals surface area contributed by atoms with E-state index in [4.69, 9.17) is 16.2 Å². The molecule has 0 spiro atoms. The number of likely N-dealkylation sites (tertiary alicyclic amines) is 1. The maximum absolute atomic E-state index is 12.2. The Morgan fingerprint density at radius 3 is 2.16 bits per heavy atom. The number of carbonyl (C=O) groups excluding carboxylic acids is 3. The maximum atomic E-state index is 12.2. The second kappa shape index (κ2) is 11.3. The highest BCUT2D eigenvalue weighted by atomic mass is 16.5. The number of amides is 3. The molecular weight excluding hydrogens is 408 g/mol. The SMILES string of the molecule is NC(=O)Cc1ccc(OCC(=O)Nc2ccc(CCN3CCC(C(N)=O)CC3)cc2)cc1. The van der Waals surface area contributed by atoms with Gasteiger partial charge in [-0.3, -0.25) is 14.4 Å². The van der Waals surface area contributed by atoms with E-state index in [1.807, 2.05) is 24.3 Å². The fourth-order valence-corrected chi connectivity index (χ4v) is 3.73. The number of anilines is 1. The number of nitrogens with one attached hydrogen (secondary N) is 1. The average Bonchev–Trinajstić information content (AvgIpc) is 2.78. The molecule has 1 aliphatic heterocycles. The lowest BCUT2D eigenvalue weighted by atomic mass is 9.96. The Bertz CT molecular complexity index is 920. The molecule has 8 nitrogen and oxygen atoms in total. The molecule has 1 saturated heterocycles.